The Bertz CT molecular complexity index is 162. The fraction of sp³-hybridized carbons (Fsp3) is 0.900. The van der Waals surface area contributed by atoms with Crippen molar-refractivity contribution in [3.8, 4) is 0 Å². The van der Waals surface area contributed by atoms with Crippen molar-refractivity contribution < 1.29 is 9.53 Å². The Morgan fingerprint density at radius 3 is 2.57 bits per heavy atom. The molecule has 0 radical (unpaired) electrons. The molecule has 0 aliphatic rings. The lowest BCUT2D eigenvalue weighted by atomic mass is 9.97. The summed E-state index contributed by atoms with van der Waals surface area (Å²) >= 11 is 5.45. The smallest absolute Gasteiger partial charge is 0.221 e. The molecular weight excluding hydrogens is 202 g/mol. The fourth-order valence-electron chi connectivity index (χ4n) is 1.12. The van der Waals surface area contributed by atoms with Gasteiger partial charge in [0.2, 0.25) is 5.91 Å². The van der Waals surface area contributed by atoms with E-state index in [0.29, 0.717) is 37.3 Å². The number of hydrogen-bond acceptors (Lipinski definition) is 2. The molecule has 1 amide bonds. The van der Waals surface area contributed by atoms with Crippen LogP contribution in [0.4, 0.5) is 0 Å². The van der Waals surface area contributed by atoms with Gasteiger partial charge in [0.15, 0.2) is 0 Å². The second kappa shape index (κ2) is 8.06. The summed E-state index contributed by atoms with van der Waals surface area (Å²) < 4.78 is 5.08. The summed E-state index contributed by atoms with van der Waals surface area (Å²) in [6.07, 6.45) is 0.388. The number of methoxy groups -OCH3 is 1. The van der Waals surface area contributed by atoms with Gasteiger partial charge in [-0.05, 0) is 5.92 Å². The number of rotatable bonds is 7. The van der Waals surface area contributed by atoms with Crippen LogP contribution >= 0.6 is 11.6 Å². The van der Waals surface area contributed by atoms with Gasteiger partial charge in [-0.2, -0.15) is 0 Å². The lowest BCUT2D eigenvalue weighted by molar-refractivity contribution is -0.121. The Morgan fingerprint density at radius 1 is 1.50 bits per heavy atom. The number of amides is 1. The molecule has 1 unspecified atom stereocenters. The summed E-state index contributed by atoms with van der Waals surface area (Å²) in [7, 11) is 1.68. The number of carbonyl (C=O) groups excluding carboxylic acids is 1. The highest BCUT2D eigenvalue weighted by Crippen LogP contribution is 2.09. The molecule has 4 heteroatoms. The first kappa shape index (κ1) is 13.7. The molecule has 0 aliphatic heterocycles. The van der Waals surface area contributed by atoms with E-state index in [1.807, 2.05) is 0 Å². The molecule has 0 rings (SSSR count). The number of alkyl halides is 1. The van der Waals surface area contributed by atoms with Crippen LogP contribution in [0.15, 0.2) is 0 Å². The highest BCUT2D eigenvalue weighted by molar-refractivity contribution is 6.18. The maximum Gasteiger partial charge on any atom is 0.221 e. The molecule has 0 aromatic rings. The van der Waals surface area contributed by atoms with E-state index in [-0.39, 0.29) is 5.91 Å². The van der Waals surface area contributed by atoms with E-state index in [4.69, 9.17) is 16.3 Å². The summed E-state index contributed by atoms with van der Waals surface area (Å²) in [4.78, 5) is 11.1. The first-order valence-corrected chi connectivity index (χ1v) is 5.46. The highest BCUT2D eigenvalue weighted by atomic mass is 35.5. The molecule has 0 heterocycles. The van der Waals surface area contributed by atoms with Gasteiger partial charge in [-0.25, -0.2) is 0 Å². The summed E-state index contributed by atoms with van der Waals surface area (Å²) in [5, 5.41) is 2.85. The van der Waals surface area contributed by atoms with E-state index in [1.54, 1.807) is 7.11 Å². The average Bonchev–Trinajstić information content (AvgIpc) is 2.12. The van der Waals surface area contributed by atoms with Crippen LogP contribution < -0.4 is 5.32 Å². The average molecular weight is 222 g/mol. The van der Waals surface area contributed by atoms with E-state index in [2.05, 4.69) is 19.2 Å². The zero-order chi connectivity index (χ0) is 11.0. The minimum Gasteiger partial charge on any atom is -0.384 e. The minimum absolute atomic E-state index is 0.0155. The Balaban J connectivity index is 3.75. The Kier molecular flexibility index (Phi) is 7.90. The first-order chi connectivity index (χ1) is 6.61. The summed E-state index contributed by atoms with van der Waals surface area (Å²) in [5.74, 6) is 1.27. The van der Waals surface area contributed by atoms with Crippen molar-refractivity contribution in [1.29, 1.82) is 0 Å². The number of hydrogen-bond donors (Lipinski definition) is 1. The molecule has 1 atom stereocenters. The van der Waals surface area contributed by atoms with Gasteiger partial charge in [0, 0.05) is 31.9 Å². The van der Waals surface area contributed by atoms with Gasteiger partial charge < -0.3 is 10.1 Å². The van der Waals surface area contributed by atoms with E-state index >= 15 is 0 Å². The van der Waals surface area contributed by atoms with E-state index in [9.17, 15) is 4.79 Å². The van der Waals surface area contributed by atoms with Crippen molar-refractivity contribution in [3.63, 3.8) is 0 Å². The molecule has 0 fully saturated rings. The number of carbonyl (C=O) groups is 1. The standard InChI is InChI=1S/C10H20ClNO2/c1-8(2)9(7-14-3)6-12-10(13)4-5-11/h8-9H,4-7H2,1-3H3,(H,12,13). The molecule has 1 N–H and O–H groups in total. The van der Waals surface area contributed by atoms with Crippen LogP contribution in [0.25, 0.3) is 0 Å². The molecule has 0 spiro atoms. The van der Waals surface area contributed by atoms with Crippen LogP contribution in [-0.2, 0) is 9.53 Å². The third-order valence-electron chi connectivity index (χ3n) is 2.21. The van der Waals surface area contributed by atoms with Gasteiger partial charge in [0.05, 0.1) is 6.61 Å². The van der Waals surface area contributed by atoms with Crippen LogP contribution in [0.5, 0.6) is 0 Å². The molecule has 3 nitrogen and oxygen atoms in total. The van der Waals surface area contributed by atoms with Crippen molar-refractivity contribution in [2.75, 3.05) is 26.1 Å². The number of ether oxygens (including phenoxy) is 1. The highest BCUT2D eigenvalue weighted by Gasteiger charge is 2.13. The third-order valence-corrected chi connectivity index (χ3v) is 2.40. The zero-order valence-electron chi connectivity index (χ0n) is 9.18. The molecule has 0 aliphatic carbocycles. The Labute approximate surface area is 91.2 Å². The molecular formula is C10H20ClNO2. The van der Waals surface area contributed by atoms with Crippen molar-refractivity contribution in [3.05, 3.63) is 0 Å². The van der Waals surface area contributed by atoms with Crippen molar-refractivity contribution in [1.82, 2.24) is 5.32 Å². The molecule has 0 saturated carbocycles. The van der Waals surface area contributed by atoms with Gasteiger partial charge in [-0.1, -0.05) is 13.8 Å². The third kappa shape index (κ3) is 6.22. The molecule has 84 valence electrons. The van der Waals surface area contributed by atoms with Gasteiger partial charge in [0.1, 0.15) is 0 Å². The van der Waals surface area contributed by atoms with Crippen molar-refractivity contribution in [2.24, 2.45) is 11.8 Å². The van der Waals surface area contributed by atoms with E-state index in [1.165, 1.54) is 0 Å². The molecule has 0 bridgehead atoms. The van der Waals surface area contributed by atoms with Crippen LogP contribution in [0, 0.1) is 11.8 Å². The Hall–Kier alpha value is -0.280. The second-order valence-electron chi connectivity index (χ2n) is 3.70. The predicted molar refractivity (Wildman–Crippen MR) is 58.6 cm³/mol. The van der Waals surface area contributed by atoms with Crippen LogP contribution in [0.2, 0.25) is 0 Å². The monoisotopic (exact) mass is 221 g/mol. The summed E-state index contributed by atoms with van der Waals surface area (Å²) in [6, 6.07) is 0. The summed E-state index contributed by atoms with van der Waals surface area (Å²) in [6.45, 7) is 5.59. The van der Waals surface area contributed by atoms with Gasteiger partial charge in [-0.3, -0.25) is 4.79 Å². The van der Waals surface area contributed by atoms with Gasteiger partial charge in [0.25, 0.3) is 0 Å². The summed E-state index contributed by atoms with van der Waals surface area (Å²) in [5.41, 5.74) is 0. The van der Waals surface area contributed by atoms with Crippen molar-refractivity contribution >= 4 is 17.5 Å². The lowest BCUT2D eigenvalue weighted by Crippen LogP contribution is -2.33. The minimum atomic E-state index is 0.0155. The largest absolute Gasteiger partial charge is 0.384 e. The van der Waals surface area contributed by atoms with Crippen LogP contribution in [0.1, 0.15) is 20.3 Å². The topological polar surface area (TPSA) is 38.3 Å². The molecule has 0 aromatic carbocycles. The number of nitrogens with one attached hydrogen (secondary N) is 1. The van der Waals surface area contributed by atoms with E-state index < -0.39 is 0 Å². The Morgan fingerprint density at radius 2 is 2.14 bits per heavy atom. The molecule has 0 saturated heterocycles. The maximum atomic E-state index is 11.1. The SMILES string of the molecule is COCC(CNC(=O)CCCl)C(C)C. The lowest BCUT2D eigenvalue weighted by Gasteiger charge is -2.20. The second-order valence-corrected chi connectivity index (χ2v) is 4.08. The zero-order valence-corrected chi connectivity index (χ0v) is 9.93. The van der Waals surface area contributed by atoms with Crippen molar-refractivity contribution in [2.45, 2.75) is 20.3 Å². The van der Waals surface area contributed by atoms with Gasteiger partial charge in [-0.15, -0.1) is 11.6 Å². The van der Waals surface area contributed by atoms with Gasteiger partial charge >= 0.3 is 0 Å². The van der Waals surface area contributed by atoms with E-state index in [0.717, 1.165) is 0 Å². The molecule has 0 aromatic heterocycles. The van der Waals surface area contributed by atoms with Crippen LogP contribution in [0.3, 0.4) is 0 Å². The molecule has 14 heavy (non-hydrogen) atoms. The quantitative estimate of drug-likeness (QED) is 0.664. The number of halogens is 1. The predicted octanol–water partition coefficient (Wildman–Crippen LogP) is 1.65. The van der Waals surface area contributed by atoms with Crippen LogP contribution in [-0.4, -0.2) is 32.0 Å². The normalized spacial score (nSPS) is 12.9. The first-order valence-electron chi connectivity index (χ1n) is 4.93. The fourth-order valence-corrected chi connectivity index (χ4v) is 1.29. The maximum absolute atomic E-state index is 11.1.